The van der Waals surface area contributed by atoms with Crippen LogP contribution in [0.5, 0.6) is 0 Å². The van der Waals surface area contributed by atoms with Crippen molar-refractivity contribution in [2.75, 3.05) is 5.32 Å². The van der Waals surface area contributed by atoms with Crippen molar-refractivity contribution < 1.29 is 4.79 Å². The molecule has 1 N–H and O–H groups in total. The van der Waals surface area contributed by atoms with Gasteiger partial charge in [0.15, 0.2) is 5.43 Å². The normalized spacial score (nSPS) is 10.9. The molecule has 0 aliphatic heterocycles. The summed E-state index contributed by atoms with van der Waals surface area (Å²) in [6, 6.07) is 9.29. The standard InChI is InChI=1S/C25H36N2O2/c1-5-7-9-13-17-27-20(4)18-23(28)24(22(27)16-10-8-6-2)25(29)26-21-15-12-11-14-19(21)3/h11-12,14-15,18H,5-10,13,16-17H2,1-4H3,(H,26,29). The molecule has 0 radical (unpaired) electrons. The molecule has 29 heavy (non-hydrogen) atoms. The SMILES string of the molecule is CCCCCCn1c(C)cc(=O)c(C(=O)Nc2ccccc2C)c1CCCCC. The van der Waals surface area contributed by atoms with Gasteiger partial charge in [0.2, 0.25) is 0 Å². The van der Waals surface area contributed by atoms with Gasteiger partial charge in [-0.25, -0.2) is 0 Å². The molecular weight excluding hydrogens is 360 g/mol. The molecule has 1 aromatic heterocycles. The fourth-order valence-electron chi connectivity index (χ4n) is 3.78. The van der Waals surface area contributed by atoms with Gasteiger partial charge in [0.25, 0.3) is 5.91 Å². The summed E-state index contributed by atoms with van der Waals surface area (Å²) in [6.45, 7) is 9.17. The molecular formula is C25H36N2O2. The van der Waals surface area contributed by atoms with Gasteiger partial charge in [-0.05, 0) is 44.7 Å². The largest absolute Gasteiger partial charge is 0.348 e. The third-order valence-electron chi connectivity index (χ3n) is 5.50. The molecule has 2 aromatic rings. The molecule has 0 saturated carbocycles. The summed E-state index contributed by atoms with van der Waals surface area (Å²) in [5.74, 6) is -0.293. The Morgan fingerprint density at radius 1 is 0.966 bits per heavy atom. The molecule has 0 aliphatic carbocycles. The Bertz CT molecular complexity index is 868. The number of pyridine rings is 1. The van der Waals surface area contributed by atoms with Crippen LogP contribution >= 0.6 is 0 Å². The first-order valence-electron chi connectivity index (χ1n) is 11.1. The van der Waals surface area contributed by atoms with Gasteiger partial charge in [0.05, 0.1) is 0 Å². The number of hydrogen-bond acceptors (Lipinski definition) is 2. The van der Waals surface area contributed by atoms with Crippen LogP contribution in [-0.4, -0.2) is 10.5 Å². The first kappa shape index (κ1) is 22.9. The number of carbonyl (C=O) groups excluding carboxylic acids is 1. The summed E-state index contributed by atoms with van der Waals surface area (Å²) in [7, 11) is 0. The van der Waals surface area contributed by atoms with E-state index >= 15 is 0 Å². The molecule has 1 aromatic carbocycles. The Hall–Kier alpha value is -2.36. The van der Waals surface area contributed by atoms with E-state index in [4.69, 9.17) is 0 Å². The molecule has 0 spiro atoms. The van der Waals surface area contributed by atoms with E-state index in [0.717, 1.165) is 61.3 Å². The van der Waals surface area contributed by atoms with E-state index in [0.29, 0.717) is 5.56 Å². The summed E-state index contributed by atoms with van der Waals surface area (Å²) in [4.78, 5) is 26.0. The zero-order chi connectivity index (χ0) is 21.2. The fraction of sp³-hybridized carbons (Fsp3) is 0.520. The van der Waals surface area contributed by atoms with Gasteiger partial charge in [0.1, 0.15) is 5.56 Å². The molecule has 4 heteroatoms. The number of anilines is 1. The van der Waals surface area contributed by atoms with Crippen molar-refractivity contribution in [2.24, 2.45) is 0 Å². The van der Waals surface area contributed by atoms with Gasteiger partial charge in [-0.15, -0.1) is 0 Å². The Morgan fingerprint density at radius 3 is 2.34 bits per heavy atom. The Balaban J connectivity index is 2.40. The number of benzene rings is 1. The van der Waals surface area contributed by atoms with E-state index in [1.54, 1.807) is 6.07 Å². The Labute approximate surface area is 175 Å². The lowest BCUT2D eigenvalue weighted by molar-refractivity contribution is 0.102. The molecule has 158 valence electrons. The lowest BCUT2D eigenvalue weighted by Crippen LogP contribution is -2.28. The van der Waals surface area contributed by atoms with E-state index < -0.39 is 0 Å². The average molecular weight is 397 g/mol. The van der Waals surface area contributed by atoms with Gasteiger partial charge >= 0.3 is 0 Å². The molecule has 0 fully saturated rings. The second-order valence-corrected chi connectivity index (χ2v) is 7.91. The lowest BCUT2D eigenvalue weighted by Gasteiger charge is -2.20. The average Bonchev–Trinajstić information content (AvgIpc) is 2.68. The van der Waals surface area contributed by atoms with E-state index in [9.17, 15) is 9.59 Å². The summed E-state index contributed by atoms with van der Waals surface area (Å²) in [6.07, 6.45) is 8.59. The third kappa shape index (κ3) is 6.31. The van der Waals surface area contributed by atoms with Crippen LogP contribution in [0.15, 0.2) is 35.1 Å². The first-order valence-corrected chi connectivity index (χ1v) is 11.1. The summed E-state index contributed by atoms with van der Waals surface area (Å²) < 4.78 is 2.21. The number of nitrogens with zero attached hydrogens (tertiary/aromatic N) is 1. The van der Waals surface area contributed by atoms with Crippen LogP contribution in [0.3, 0.4) is 0 Å². The topological polar surface area (TPSA) is 51.1 Å². The highest BCUT2D eigenvalue weighted by Crippen LogP contribution is 2.18. The van der Waals surface area contributed by atoms with Crippen LogP contribution < -0.4 is 10.7 Å². The highest BCUT2D eigenvalue weighted by Gasteiger charge is 2.20. The summed E-state index contributed by atoms with van der Waals surface area (Å²) in [5, 5.41) is 2.97. The summed E-state index contributed by atoms with van der Waals surface area (Å²) in [5.41, 5.74) is 3.72. The Morgan fingerprint density at radius 2 is 1.66 bits per heavy atom. The monoisotopic (exact) mass is 396 g/mol. The number of para-hydroxylation sites is 1. The van der Waals surface area contributed by atoms with Crippen LogP contribution in [0, 0.1) is 13.8 Å². The summed E-state index contributed by atoms with van der Waals surface area (Å²) >= 11 is 0. The van der Waals surface area contributed by atoms with Crippen LogP contribution in [0.4, 0.5) is 5.69 Å². The van der Waals surface area contributed by atoms with Gasteiger partial charge in [-0.3, -0.25) is 9.59 Å². The second-order valence-electron chi connectivity index (χ2n) is 7.91. The van der Waals surface area contributed by atoms with E-state index in [-0.39, 0.29) is 11.3 Å². The quantitative estimate of drug-likeness (QED) is 0.471. The highest BCUT2D eigenvalue weighted by molar-refractivity contribution is 6.05. The van der Waals surface area contributed by atoms with Crippen molar-refractivity contribution in [1.29, 1.82) is 0 Å². The number of nitrogens with one attached hydrogen (secondary N) is 1. The maximum atomic E-state index is 13.2. The number of aryl methyl sites for hydroxylation is 2. The molecule has 0 bridgehead atoms. The molecule has 4 nitrogen and oxygen atoms in total. The lowest BCUT2D eigenvalue weighted by atomic mass is 10.0. The number of aromatic nitrogens is 1. The molecule has 2 rings (SSSR count). The van der Waals surface area contributed by atoms with Crippen molar-refractivity contribution in [3.63, 3.8) is 0 Å². The molecule has 0 saturated heterocycles. The molecule has 1 heterocycles. The zero-order valence-corrected chi connectivity index (χ0v) is 18.5. The van der Waals surface area contributed by atoms with Crippen LogP contribution in [0.1, 0.15) is 86.1 Å². The minimum absolute atomic E-state index is 0.176. The minimum atomic E-state index is -0.293. The predicted octanol–water partition coefficient (Wildman–Crippen LogP) is 6.03. The van der Waals surface area contributed by atoms with Crippen molar-refractivity contribution in [3.8, 4) is 0 Å². The van der Waals surface area contributed by atoms with Crippen LogP contribution in [0.25, 0.3) is 0 Å². The number of rotatable bonds is 11. The molecule has 0 unspecified atom stereocenters. The maximum absolute atomic E-state index is 13.2. The fourth-order valence-corrected chi connectivity index (χ4v) is 3.78. The molecule has 0 atom stereocenters. The third-order valence-corrected chi connectivity index (χ3v) is 5.50. The smallest absolute Gasteiger partial charge is 0.261 e. The van der Waals surface area contributed by atoms with E-state index in [1.807, 2.05) is 38.1 Å². The van der Waals surface area contributed by atoms with Gasteiger partial charge in [-0.1, -0.05) is 64.2 Å². The zero-order valence-electron chi connectivity index (χ0n) is 18.5. The Kier molecular flexibility index (Phi) is 9.17. The van der Waals surface area contributed by atoms with E-state index in [1.165, 1.54) is 19.3 Å². The maximum Gasteiger partial charge on any atom is 0.261 e. The highest BCUT2D eigenvalue weighted by atomic mass is 16.2. The van der Waals surface area contributed by atoms with Crippen molar-refractivity contribution in [3.05, 3.63) is 63.1 Å². The number of amides is 1. The molecule has 0 aliphatic rings. The van der Waals surface area contributed by atoms with Crippen molar-refractivity contribution in [1.82, 2.24) is 4.57 Å². The van der Waals surface area contributed by atoms with Gasteiger partial charge in [0, 0.05) is 29.7 Å². The molecule has 1 amide bonds. The van der Waals surface area contributed by atoms with Crippen LogP contribution in [-0.2, 0) is 13.0 Å². The van der Waals surface area contributed by atoms with Crippen LogP contribution in [0.2, 0.25) is 0 Å². The van der Waals surface area contributed by atoms with E-state index in [2.05, 4.69) is 23.7 Å². The minimum Gasteiger partial charge on any atom is -0.348 e. The van der Waals surface area contributed by atoms with Crippen molar-refractivity contribution in [2.45, 2.75) is 85.6 Å². The number of unbranched alkanes of at least 4 members (excludes halogenated alkanes) is 5. The number of hydrogen-bond donors (Lipinski definition) is 1. The first-order chi connectivity index (χ1) is 14.0. The predicted molar refractivity (Wildman–Crippen MR) is 122 cm³/mol. The second kappa shape index (κ2) is 11.6. The van der Waals surface area contributed by atoms with Gasteiger partial charge in [-0.2, -0.15) is 0 Å². The number of carbonyl (C=O) groups is 1. The van der Waals surface area contributed by atoms with Crippen molar-refractivity contribution >= 4 is 11.6 Å². The van der Waals surface area contributed by atoms with Gasteiger partial charge < -0.3 is 9.88 Å².